The molecule has 224 valence electrons. The molecule has 0 aromatic heterocycles. The topological polar surface area (TPSA) is 86.8 Å². The fraction of sp³-hybridized carbons (Fsp3) is 0.375. The number of carbonyl (C=O) groups is 2. The van der Waals surface area contributed by atoms with E-state index < -0.39 is 34.3 Å². The molecule has 42 heavy (non-hydrogen) atoms. The Morgan fingerprint density at radius 3 is 2.26 bits per heavy atom. The second-order valence-electron chi connectivity index (χ2n) is 10.7. The van der Waals surface area contributed by atoms with E-state index in [1.807, 2.05) is 6.92 Å². The molecule has 4 rings (SSSR count). The standard InChI is InChI=1S/C32H37ClFN3O4S/c1-3-29(32(39)35-25-12-5-4-6-13-25)36(21-24-11-7-8-14-27(24)33)31(38)22-37(30-16-10-9-15-28(30)34)42(40,41)26-19-17-23(2)18-20-26/h7-11,14-20,25,29H,3-6,12-13,21-22H2,1-2H3,(H,35,39)/t29-/m1/s1. The minimum absolute atomic E-state index is 0.0226. The van der Waals surface area contributed by atoms with Crippen molar-refractivity contribution < 1.29 is 22.4 Å². The van der Waals surface area contributed by atoms with Gasteiger partial charge in [-0.2, -0.15) is 0 Å². The van der Waals surface area contributed by atoms with Gasteiger partial charge in [0.2, 0.25) is 11.8 Å². The van der Waals surface area contributed by atoms with Crippen LogP contribution in [0.2, 0.25) is 5.02 Å². The zero-order valence-electron chi connectivity index (χ0n) is 23.9. The van der Waals surface area contributed by atoms with E-state index in [-0.39, 0.29) is 29.1 Å². The number of benzene rings is 3. The predicted molar refractivity (Wildman–Crippen MR) is 163 cm³/mol. The quantitative estimate of drug-likeness (QED) is 0.277. The van der Waals surface area contributed by atoms with E-state index in [0.29, 0.717) is 17.0 Å². The summed E-state index contributed by atoms with van der Waals surface area (Å²) in [4.78, 5) is 29.0. The van der Waals surface area contributed by atoms with Crippen molar-refractivity contribution in [3.05, 3.63) is 94.8 Å². The van der Waals surface area contributed by atoms with Crippen LogP contribution in [0, 0.1) is 12.7 Å². The molecule has 1 aliphatic rings. The van der Waals surface area contributed by atoms with Crippen LogP contribution in [0.4, 0.5) is 10.1 Å². The number of nitrogens with zero attached hydrogens (tertiary/aromatic N) is 2. The van der Waals surface area contributed by atoms with Crippen molar-refractivity contribution in [2.45, 2.75) is 75.9 Å². The Labute approximate surface area is 252 Å². The van der Waals surface area contributed by atoms with Crippen molar-refractivity contribution in [1.82, 2.24) is 10.2 Å². The van der Waals surface area contributed by atoms with E-state index in [2.05, 4.69) is 5.32 Å². The Hall–Kier alpha value is -3.43. The van der Waals surface area contributed by atoms with Crippen molar-refractivity contribution >= 4 is 39.1 Å². The van der Waals surface area contributed by atoms with Gasteiger partial charge in [-0.25, -0.2) is 12.8 Å². The van der Waals surface area contributed by atoms with Gasteiger partial charge in [0.25, 0.3) is 10.0 Å². The Balaban J connectivity index is 1.72. The fourth-order valence-electron chi connectivity index (χ4n) is 5.28. The summed E-state index contributed by atoms with van der Waals surface area (Å²) in [5, 5.41) is 3.52. The minimum Gasteiger partial charge on any atom is -0.352 e. The zero-order valence-corrected chi connectivity index (χ0v) is 25.5. The monoisotopic (exact) mass is 613 g/mol. The van der Waals surface area contributed by atoms with Gasteiger partial charge in [0.1, 0.15) is 18.4 Å². The summed E-state index contributed by atoms with van der Waals surface area (Å²) in [7, 11) is -4.36. The minimum atomic E-state index is -4.36. The molecule has 1 fully saturated rings. The van der Waals surface area contributed by atoms with Crippen LogP contribution in [-0.2, 0) is 26.2 Å². The van der Waals surface area contributed by atoms with Crippen molar-refractivity contribution in [2.75, 3.05) is 10.8 Å². The maximum atomic E-state index is 15.1. The lowest BCUT2D eigenvalue weighted by Crippen LogP contribution is -2.54. The molecule has 0 bridgehead atoms. The highest BCUT2D eigenvalue weighted by Gasteiger charge is 2.35. The van der Waals surface area contributed by atoms with E-state index in [9.17, 15) is 18.0 Å². The average Bonchev–Trinajstić information content (AvgIpc) is 2.98. The highest BCUT2D eigenvalue weighted by molar-refractivity contribution is 7.92. The van der Waals surface area contributed by atoms with Crippen LogP contribution in [0.25, 0.3) is 0 Å². The maximum absolute atomic E-state index is 15.1. The predicted octanol–water partition coefficient (Wildman–Crippen LogP) is 6.24. The van der Waals surface area contributed by atoms with Gasteiger partial charge in [-0.15, -0.1) is 0 Å². The number of sulfonamides is 1. The van der Waals surface area contributed by atoms with Crippen molar-refractivity contribution in [1.29, 1.82) is 0 Å². The molecule has 1 saturated carbocycles. The van der Waals surface area contributed by atoms with Crippen LogP contribution in [0.1, 0.15) is 56.6 Å². The summed E-state index contributed by atoms with van der Waals surface area (Å²) in [5.41, 5.74) is 1.20. The van der Waals surface area contributed by atoms with Crippen LogP contribution in [0.5, 0.6) is 0 Å². The fourth-order valence-corrected chi connectivity index (χ4v) is 6.90. The summed E-state index contributed by atoms with van der Waals surface area (Å²) in [6.07, 6.45) is 5.21. The number of aryl methyl sites for hydroxylation is 1. The molecule has 1 atom stereocenters. The summed E-state index contributed by atoms with van der Waals surface area (Å²) in [6, 6.07) is 17.7. The van der Waals surface area contributed by atoms with Crippen LogP contribution < -0.4 is 9.62 Å². The van der Waals surface area contributed by atoms with Crippen LogP contribution in [0.3, 0.4) is 0 Å². The van der Waals surface area contributed by atoms with E-state index in [1.165, 1.54) is 35.2 Å². The molecule has 2 amide bonds. The van der Waals surface area contributed by atoms with Crippen molar-refractivity contribution in [3.63, 3.8) is 0 Å². The number of hydrogen-bond donors (Lipinski definition) is 1. The second kappa shape index (κ2) is 14.2. The average molecular weight is 614 g/mol. The molecule has 3 aromatic rings. The van der Waals surface area contributed by atoms with E-state index in [1.54, 1.807) is 43.3 Å². The van der Waals surface area contributed by atoms with Gasteiger partial charge in [-0.05, 0) is 62.1 Å². The molecule has 1 N–H and O–H groups in total. The van der Waals surface area contributed by atoms with Gasteiger partial charge in [-0.1, -0.05) is 85.8 Å². The Bertz CT molecular complexity index is 1490. The lowest BCUT2D eigenvalue weighted by molar-refractivity contribution is -0.140. The maximum Gasteiger partial charge on any atom is 0.264 e. The van der Waals surface area contributed by atoms with Crippen LogP contribution in [-0.4, -0.2) is 43.8 Å². The number of nitrogens with one attached hydrogen (secondary N) is 1. The largest absolute Gasteiger partial charge is 0.352 e. The van der Waals surface area contributed by atoms with Crippen LogP contribution >= 0.6 is 11.6 Å². The first-order valence-corrected chi connectivity index (χ1v) is 16.1. The molecule has 0 radical (unpaired) electrons. The molecule has 0 saturated heterocycles. The van der Waals surface area contributed by atoms with E-state index in [0.717, 1.165) is 48.0 Å². The Morgan fingerprint density at radius 2 is 1.62 bits per heavy atom. The second-order valence-corrected chi connectivity index (χ2v) is 12.9. The van der Waals surface area contributed by atoms with Gasteiger partial charge in [0.15, 0.2) is 0 Å². The summed E-state index contributed by atoms with van der Waals surface area (Å²) in [5.74, 6) is -1.75. The normalized spacial score (nSPS) is 14.7. The number of amides is 2. The first-order valence-electron chi connectivity index (χ1n) is 14.3. The molecule has 0 aliphatic heterocycles. The number of carbonyl (C=O) groups excluding carboxylic acids is 2. The number of rotatable bonds is 11. The van der Waals surface area contributed by atoms with Gasteiger partial charge < -0.3 is 10.2 Å². The SMILES string of the molecule is CC[C@H](C(=O)NC1CCCCC1)N(Cc1ccccc1Cl)C(=O)CN(c1ccccc1F)S(=O)(=O)c1ccc(C)cc1. The number of hydrogen-bond acceptors (Lipinski definition) is 4. The third-order valence-electron chi connectivity index (χ3n) is 7.64. The third-order valence-corrected chi connectivity index (χ3v) is 9.79. The number of halogens is 2. The van der Waals surface area contributed by atoms with Gasteiger partial charge >= 0.3 is 0 Å². The lowest BCUT2D eigenvalue weighted by Gasteiger charge is -2.34. The summed E-state index contributed by atoms with van der Waals surface area (Å²) < 4.78 is 43.7. The first-order chi connectivity index (χ1) is 20.1. The number of para-hydroxylation sites is 1. The highest BCUT2D eigenvalue weighted by atomic mass is 35.5. The molecule has 3 aromatic carbocycles. The lowest BCUT2D eigenvalue weighted by atomic mass is 9.95. The molecule has 0 spiro atoms. The summed E-state index contributed by atoms with van der Waals surface area (Å²) in [6.45, 7) is 2.89. The molecule has 7 nitrogen and oxygen atoms in total. The smallest absolute Gasteiger partial charge is 0.264 e. The summed E-state index contributed by atoms with van der Waals surface area (Å²) >= 11 is 6.45. The zero-order chi connectivity index (χ0) is 30.3. The molecule has 0 heterocycles. The Kier molecular flexibility index (Phi) is 10.6. The van der Waals surface area contributed by atoms with Crippen LogP contribution in [0.15, 0.2) is 77.7 Å². The highest BCUT2D eigenvalue weighted by Crippen LogP contribution is 2.28. The van der Waals surface area contributed by atoms with Crippen molar-refractivity contribution in [2.24, 2.45) is 0 Å². The molecule has 0 unspecified atom stereocenters. The molecular formula is C32H37ClFN3O4S. The van der Waals surface area contributed by atoms with Crippen molar-refractivity contribution in [3.8, 4) is 0 Å². The molecule has 10 heteroatoms. The third kappa shape index (κ3) is 7.50. The molecular weight excluding hydrogens is 577 g/mol. The van der Waals surface area contributed by atoms with E-state index in [4.69, 9.17) is 11.6 Å². The first kappa shape index (κ1) is 31.5. The number of anilines is 1. The van der Waals surface area contributed by atoms with Gasteiger partial charge in [-0.3, -0.25) is 13.9 Å². The van der Waals surface area contributed by atoms with E-state index >= 15 is 4.39 Å². The van der Waals surface area contributed by atoms with Gasteiger partial charge in [0.05, 0.1) is 10.6 Å². The molecule has 1 aliphatic carbocycles. The Morgan fingerprint density at radius 1 is 0.976 bits per heavy atom. The van der Waals surface area contributed by atoms with Gasteiger partial charge in [0, 0.05) is 17.6 Å².